The number of carbonyl (C=O) groups is 1. The van der Waals surface area contributed by atoms with Crippen molar-refractivity contribution < 1.29 is 4.79 Å². The first-order chi connectivity index (χ1) is 6.15. The van der Waals surface area contributed by atoms with Crippen molar-refractivity contribution in [2.45, 2.75) is 26.2 Å². The lowest BCUT2D eigenvalue weighted by Gasteiger charge is -2.33. The summed E-state index contributed by atoms with van der Waals surface area (Å²) >= 11 is 0. The third-order valence-electron chi connectivity index (χ3n) is 2.84. The van der Waals surface area contributed by atoms with E-state index < -0.39 is 0 Å². The van der Waals surface area contributed by atoms with Crippen LogP contribution >= 0.6 is 0 Å². The summed E-state index contributed by atoms with van der Waals surface area (Å²) < 4.78 is 0. The van der Waals surface area contributed by atoms with Gasteiger partial charge in [0.2, 0.25) is 0 Å². The number of carbonyl (C=O) groups excluding carboxylic acids is 1. The molecule has 1 fully saturated rings. The topological polar surface area (TPSA) is 23.6 Å². The number of nitrogens with zero attached hydrogens (tertiary/aromatic N) is 2. The average molecular weight is 184 g/mol. The van der Waals surface area contributed by atoms with Crippen molar-refractivity contribution in [3.63, 3.8) is 0 Å². The van der Waals surface area contributed by atoms with E-state index >= 15 is 0 Å². The van der Waals surface area contributed by atoms with E-state index in [1.54, 1.807) is 4.90 Å². The van der Waals surface area contributed by atoms with Gasteiger partial charge in [0.1, 0.15) is 0 Å². The molecule has 3 nitrogen and oxygen atoms in total. The Bertz CT molecular complexity index is 172. The van der Waals surface area contributed by atoms with Crippen LogP contribution in [0, 0.1) is 5.92 Å². The summed E-state index contributed by atoms with van der Waals surface area (Å²) in [5.41, 5.74) is 0. The highest BCUT2D eigenvalue weighted by Crippen LogP contribution is 2.20. The summed E-state index contributed by atoms with van der Waals surface area (Å²) in [5, 5.41) is 0. The number of amides is 2. The molecule has 1 aliphatic heterocycles. The minimum atomic E-state index is 0.162. The van der Waals surface area contributed by atoms with Crippen LogP contribution in [0.15, 0.2) is 0 Å². The van der Waals surface area contributed by atoms with Crippen molar-refractivity contribution >= 4 is 6.03 Å². The van der Waals surface area contributed by atoms with Gasteiger partial charge < -0.3 is 9.80 Å². The van der Waals surface area contributed by atoms with Crippen molar-refractivity contribution in [1.82, 2.24) is 9.80 Å². The zero-order chi connectivity index (χ0) is 9.84. The van der Waals surface area contributed by atoms with E-state index in [-0.39, 0.29) is 6.03 Å². The molecule has 76 valence electrons. The van der Waals surface area contributed by atoms with E-state index in [0.29, 0.717) is 0 Å². The maximum Gasteiger partial charge on any atom is 0.319 e. The first-order valence-electron chi connectivity index (χ1n) is 5.11. The van der Waals surface area contributed by atoms with E-state index in [1.165, 1.54) is 19.3 Å². The molecule has 0 saturated carbocycles. The summed E-state index contributed by atoms with van der Waals surface area (Å²) in [6.45, 7) is 4.11. The van der Waals surface area contributed by atoms with E-state index in [0.717, 1.165) is 19.0 Å². The minimum Gasteiger partial charge on any atom is -0.331 e. The SMILES string of the molecule is CCC1CCN(C(=O)N(C)C)CC1. The first-order valence-corrected chi connectivity index (χ1v) is 5.11. The van der Waals surface area contributed by atoms with Crippen LogP contribution in [0.1, 0.15) is 26.2 Å². The monoisotopic (exact) mass is 184 g/mol. The van der Waals surface area contributed by atoms with Gasteiger partial charge in [-0.2, -0.15) is 0 Å². The Morgan fingerprint density at radius 1 is 1.38 bits per heavy atom. The molecule has 1 heterocycles. The molecule has 0 radical (unpaired) electrons. The molecule has 0 unspecified atom stereocenters. The molecule has 0 N–H and O–H groups in total. The normalized spacial score (nSPS) is 18.8. The van der Waals surface area contributed by atoms with Gasteiger partial charge in [0.25, 0.3) is 0 Å². The maximum atomic E-state index is 11.5. The van der Waals surface area contributed by atoms with Gasteiger partial charge in [0.05, 0.1) is 0 Å². The number of rotatable bonds is 1. The Morgan fingerprint density at radius 2 is 1.92 bits per heavy atom. The Morgan fingerprint density at radius 3 is 2.31 bits per heavy atom. The predicted octanol–water partition coefficient (Wildman–Crippen LogP) is 1.79. The van der Waals surface area contributed by atoms with Crippen LogP contribution in [0.5, 0.6) is 0 Å². The lowest BCUT2D eigenvalue weighted by atomic mass is 9.95. The fourth-order valence-corrected chi connectivity index (χ4v) is 1.82. The van der Waals surface area contributed by atoms with E-state index in [1.807, 2.05) is 19.0 Å². The summed E-state index contributed by atoms with van der Waals surface area (Å²) in [5.74, 6) is 0.839. The van der Waals surface area contributed by atoms with Gasteiger partial charge in [-0.3, -0.25) is 0 Å². The highest BCUT2D eigenvalue weighted by Gasteiger charge is 2.22. The van der Waals surface area contributed by atoms with Gasteiger partial charge in [-0.25, -0.2) is 4.79 Å². The van der Waals surface area contributed by atoms with Crippen molar-refractivity contribution in [2.24, 2.45) is 5.92 Å². The summed E-state index contributed by atoms with van der Waals surface area (Å²) in [7, 11) is 3.63. The third kappa shape index (κ3) is 2.61. The molecule has 0 aromatic heterocycles. The third-order valence-corrected chi connectivity index (χ3v) is 2.84. The van der Waals surface area contributed by atoms with Gasteiger partial charge in [-0.1, -0.05) is 13.3 Å². The summed E-state index contributed by atoms with van der Waals surface area (Å²) in [6, 6.07) is 0.162. The molecule has 0 aromatic carbocycles. The van der Waals surface area contributed by atoms with Crippen LogP contribution in [0.4, 0.5) is 4.79 Å². The largest absolute Gasteiger partial charge is 0.331 e. The zero-order valence-electron chi connectivity index (χ0n) is 8.92. The number of likely N-dealkylation sites (tertiary alicyclic amines) is 1. The Labute approximate surface area is 80.7 Å². The number of hydrogen-bond acceptors (Lipinski definition) is 1. The minimum absolute atomic E-state index is 0.162. The van der Waals surface area contributed by atoms with Crippen molar-refractivity contribution in [1.29, 1.82) is 0 Å². The number of piperidine rings is 1. The molecular formula is C10H20N2O. The second kappa shape index (κ2) is 4.49. The molecule has 0 bridgehead atoms. The fourth-order valence-electron chi connectivity index (χ4n) is 1.82. The summed E-state index contributed by atoms with van der Waals surface area (Å²) in [4.78, 5) is 15.2. The number of hydrogen-bond donors (Lipinski definition) is 0. The van der Waals surface area contributed by atoms with Crippen LogP contribution in [-0.4, -0.2) is 43.0 Å². The Hall–Kier alpha value is -0.730. The zero-order valence-corrected chi connectivity index (χ0v) is 8.92. The standard InChI is InChI=1S/C10H20N2O/c1-4-9-5-7-12(8-6-9)10(13)11(2)3/h9H,4-8H2,1-3H3. The van der Waals surface area contributed by atoms with Crippen LogP contribution < -0.4 is 0 Å². The maximum absolute atomic E-state index is 11.5. The van der Waals surface area contributed by atoms with Crippen molar-refractivity contribution in [3.05, 3.63) is 0 Å². The quantitative estimate of drug-likeness (QED) is 0.609. The molecule has 2 amide bonds. The molecule has 13 heavy (non-hydrogen) atoms. The molecule has 0 spiro atoms. The fraction of sp³-hybridized carbons (Fsp3) is 0.900. The van der Waals surface area contributed by atoms with Crippen molar-refractivity contribution in [2.75, 3.05) is 27.2 Å². The molecule has 0 aliphatic carbocycles. The van der Waals surface area contributed by atoms with Gasteiger partial charge >= 0.3 is 6.03 Å². The van der Waals surface area contributed by atoms with Crippen LogP contribution in [0.2, 0.25) is 0 Å². The molecule has 1 saturated heterocycles. The Balaban J connectivity index is 2.36. The first kappa shape index (κ1) is 10.4. The predicted molar refractivity (Wildman–Crippen MR) is 53.7 cm³/mol. The van der Waals surface area contributed by atoms with Gasteiger partial charge in [-0.05, 0) is 18.8 Å². The van der Waals surface area contributed by atoms with Crippen molar-refractivity contribution in [3.8, 4) is 0 Å². The lowest BCUT2D eigenvalue weighted by Crippen LogP contribution is -2.43. The molecule has 1 rings (SSSR count). The lowest BCUT2D eigenvalue weighted by molar-refractivity contribution is 0.146. The van der Waals surface area contributed by atoms with E-state index in [2.05, 4.69) is 6.92 Å². The summed E-state index contributed by atoms with van der Waals surface area (Å²) in [6.07, 6.45) is 3.61. The Kier molecular flexibility index (Phi) is 3.58. The van der Waals surface area contributed by atoms with E-state index in [9.17, 15) is 4.79 Å². The van der Waals surface area contributed by atoms with Crippen LogP contribution in [0.25, 0.3) is 0 Å². The second-order valence-electron chi connectivity index (χ2n) is 4.02. The van der Waals surface area contributed by atoms with Gasteiger partial charge in [-0.15, -0.1) is 0 Å². The highest BCUT2D eigenvalue weighted by molar-refractivity contribution is 5.73. The number of urea groups is 1. The molecule has 3 heteroatoms. The molecule has 0 atom stereocenters. The van der Waals surface area contributed by atoms with Crippen LogP contribution in [0.3, 0.4) is 0 Å². The highest BCUT2D eigenvalue weighted by atomic mass is 16.2. The smallest absolute Gasteiger partial charge is 0.319 e. The van der Waals surface area contributed by atoms with Crippen LogP contribution in [-0.2, 0) is 0 Å². The molecule has 0 aromatic rings. The van der Waals surface area contributed by atoms with E-state index in [4.69, 9.17) is 0 Å². The van der Waals surface area contributed by atoms with Gasteiger partial charge in [0, 0.05) is 27.2 Å². The molecule has 1 aliphatic rings. The second-order valence-corrected chi connectivity index (χ2v) is 4.02. The average Bonchev–Trinajstić information content (AvgIpc) is 2.17. The molecular weight excluding hydrogens is 164 g/mol. The van der Waals surface area contributed by atoms with Gasteiger partial charge in [0.15, 0.2) is 0 Å².